The molecule has 116 valence electrons. The molecule has 2 rings (SSSR count). The highest BCUT2D eigenvalue weighted by Gasteiger charge is 2.13. The van der Waals surface area contributed by atoms with E-state index in [1.807, 2.05) is 19.2 Å². The standard InChI is InChI=1S/C17H18Cl2N2O/c1-12-5-3-4-6-13(12)10-21(2)11-17(22)20-16-8-7-14(18)9-15(16)19/h3-9H,10-11H2,1-2H3,(H,20,22)/p+1. The zero-order chi connectivity index (χ0) is 16.1. The van der Waals surface area contributed by atoms with Gasteiger partial charge in [-0.05, 0) is 30.7 Å². The van der Waals surface area contributed by atoms with Crippen molar-refractivity contribution in [2.75, 3.05) is 18.9 Å². The Labute approximate surface area is 140 Å². The third kappa shape index (κ3) is 4.73. The van der Waals surface area contributed by atoms with Crippen LogP contribution in [0.3, 0.4) is 0 Å². The van der Waals surface area contributed by atoms with E-state index in [1.165, 1.54) is 11.1 Å². The lowest BCUT2D eigenvalue weighted by molar-refractivity contribution is -0.885. The van der Waals surface area contributed by atoms with Gasteiger partial charge in [0.25, 0.3) is 5.91 Å². The fourth-order valence-electron chi connectivity index (χ4n) is 2.26. The van der Waals surface area contributed by atoms with Crippen LogP contribution in [0.5, 0.6) is 0 Å². The monoisotopic (exact) mass is 337 g/mol. The van der Waals surface area contributed by atoms with Gasteiger partial charge in [-0.1, -0.05) is 47.5 Å². The first-order chi connectivity index (χ1) is 10.5. The van der Waals surface area contributed by atoms with Gasteiger partial charge >= 0.3 is 0 Å². The Balaban J connectivity index is 1.93. The van der Waals surface area contributed by atoms with Gasteiger partial charge in [-0.3, -0.25) is 4.79 Å². The van der Waals surface area contributed by atoms with Gasteiger partial charge < -0.3 is 10.2 Å². The number of quaternary nitrogens is 1. The minimum atomic E-state index is -0.0738. The summed E-state index contributed by atoms with van der Waals surface area (Å²) in [6.45, 7) is 3.25. The highest BCUT2D eigenvalue weighted by molar-refractivity contribution is 6.36. The first kappa shape index (κ1) is 16.8. The fraction of sp³-hybridized carbons (Fsp3) is 0.235. The Kier molecular flexibility index (Phi) is 5.83. The molecule has 0 aliphatic carbocycles. The first-order valence-electron chi connectivity index (χ1n) is 7.06. The Hall–Kier alpha value is -1.55. The second-order valence-corrected chi connectivity index (χ2v) is 6.25. The van der Waals surface area contributed by atoms with Crippen LogP contribution in [0.15, 0.2) is 42.5 Å². The Morgan fingerprint density at radius 1 is 1.18 bits per heavy atom. The van der Waals surface area contributed by atoms with Crippen LogP contribution in [0.2, 0.25) is 10.0 Å². The maximum atomic E-state index is 12.1. The van der Waals surface area contributed by atoms with E-state index in [-0.39, 0.29) is 5.91 Å². The number of carbonyl (C=O) groups is 1. The van der Waals surface area contributed by atoms with E-state index in [1.54, 1.807) is 18.2 Å². The van der Waals surface area contributed by atoms with Crippen LogP contribution in [-0.4, -0.2) is 19.5 Å². The van der Waals surface area contributed by atoms with Crippen molar-refractivity contribution in [2.24, 2.45) is 0 Å². The number of halogens is 2. The number of amides is 1. The Morgan fingerprint density at radius 3 is 2.59 bits per heavy atom. The van der Waals surface area contributed by atoms with Crippen LogP contribution >= 0.6 is 23.2 Å². The number of likely N-dealkylation sites (N-methyl/N-ethyl adjacent to an activating group) is 1. The summed E-state index contributed by atoms with van der Waals surface area (Å²) in [7, 11) is 2.00. The van der Waals surface area contributed by atoms with Gasteiger partial charge in [0.15, 0.2) is 6.54 Å². The van der Waals surface area contributed by atoms with E-state index in [9.17, 15) is 4.79 Å². The lowest BCUT2D eigenvalue weighted by Crippen LogP contribution is -3.08. The molecule has 0 aromatic heterocycles. The van der Waals surface area contributed by atoms with Gasteiger partial charge in [-0.2, -0.15) is 0 Å². The van der Waals surface area contributed by atoms with E-state index in [0.717, 1.165) is 11.4 Å². The van der Waals surface area contributed by atoms with E-state index < -0.39 is 0 Å². The quantitative estimate of drug-likeness (QED) is 0.864. The summed E-state index contributed by atoms with van der Waals surface area (Å²) in [4.78, 5) is 13.2. The number of aryl methyl sites for hydroxylation is 1. The molecule has 1 atom stereocenters. The van der Waals surface area contributed by atoms with Gasteiger partial charge in [0.1, 0.15) is 6.54 Å². The molecule has 2 aromatic rings. The molecule has 0 aliphatic heterocycles. The number of benzene rings is 2. The molecular weight excluding hydrogens is 319 g/mol. The summed E-state index contributed by atoms with van der Waals surface area (Å²) < 4.78 is 0. The van der Waals surface area contributed by atoms with Crippen molar-refractivity contribution in [3.05, 3.63) is 63.6 Å². The lowest BCUT2D eigenvalue weighted by Gasteiger charge is -2.15. The molecule has 0 bridgehead atoms. The van der Waals surface area contributed by atoms with Crippen molar-refractivity contribution >= 4 is 34.8 Å². The van der Waals surface area contributed by atoms with Gasteiger partial charge in [0, 0.05) is 10.6 Å². The molecular formula is C17H19Cl2N2O+. The average molecular weight is 338 g/mol. The molecule has 0 aliphatic rings. The molecule has 22 heavy (non-hydrogen) atoms. The van der Waals surface area contributed by atoms with Crippen molar-refractivity contribution in [1.82, 2.24) is 0 Å². The SMILES string of the molecule is Cc1ccccc1C[NH+](C)CC(=O)Nc1ccc(Cl)cc1Cl. The van der Waals surface area contributed by atoms with Gasteiger partial charge in [0.2, 0.25) is 0 Å². The largest absolute Gasteiger partial charge is 0.326 e. The molecule has 0 saturated carbocycles. The average Bonchev–Trinajstić information content (AvgIpc) is 2.44. The highest BCUT2D eigenvalue weighted by atomic mass is 35.5. The fourth-order valence-corrected chi connectivity index (χ4v) is 2.71. The Bertz CT molecular complexity index is 673. The molecule has 2 aromatic carbocycles. The minimum Gasteiger partial charge on any atom is -0.326 e. The van der Waals surface area contributed by atoms with E-state index >= 15 is 0 Å². The highest BCUT2D eigenvalue weighted by Crippen LogP contribution is 2.25. The number of carbonyl (C=O) groups excluding carboxylic acids is 1. The van der Waals surface area contributed by atoms with Crippen molar-refractivity contribution < 1.29 is 9.69 Å². The molecule has 0 fully saturated rings. The summed E-state index contributed by atoms with van der Waals surface area (Å²) >= 11 is 11.9. The van der Waals surface area contributed by atoms with Crippen LogP contribution in [0.25, 0.3) is 0 Å². The first-order valence-corrected chi connectivity index (χ1v) is 7.82. The van der Waals surface area contributed by atoms with E-state index in [4.69, 9.17) is 23.2 Å². The van der Waals surface area contributed by atoms with Gasteiger partial charge in [-0.25, -0.2) is 0 Å². The second kappa shape index (κ2) is 7.63. The van der Waals surface area contributed by atoms with Crippen molar-refractivity contribution in [3.63, 3.8) is 0 Å². The zero-order valence-electron chi connectivity index (χ0n) is 12.6. The Morgan fingerprint density at radius 2 is 1.91 bits per heavy atom. The predicted octanol–water partition coefficient (Wildman–Crippen LogP) is 2.96. The van der Waals surface area contributed by atoms with Crippen LogP contribution < -0.4 is 10.2 Å². The van der Waals surface area contributed by atoms with Gasteiger partial charge in [-0.15, -0.1) is 0 Å². The van der Waals surface area contributed by atoms with Crippen LogP contribution in [0.4, 0.5) is 5.69 Å². The third-order valence-corrected chi connectivity index (χ3v) is 3.97. The maximum Gasteiger partial charge on any atom is 0.279 e. The summed E-state index contributed by atoms with van der Waals surface area (Å²) in [5.74, 6) is -0.0738. The third-order valence-electron chi connectivity index (χ3n) is 3.42. The number of hydrogen-bond acceptors (Lipinski definition) is 1. The summed E-state index contributed by atoms with van der Waals surface area (Å²) in [5.41, 5.74) is 3.07. The summed E-state index contributed by atoms with van der Waals surface area (Å²) in [6, 6.07) is 13.2. The molecule has 5 heteroatoms. The number of nitrogens with one attached hydrogen (secondary N) is 2. The smallest absolute Gasteiger partial charge is 0.279 e. The molecule has 0 saturated heterocycles. The lowest BCUT2D eigenvalue weighted by atomic mass is 10.1. The van der Waals surface area contributed by atoms with Gasteiger partial charge in [0.05, 0.1) is 17.8 Å². The summed E-state index contributed by atoms with van der Waals surface area (Å²) in [6.07, 6.45) is 0. The maximum absolute atomic E-state index is 12.1. The molecule has 0 radical (unpaired) electrons. The minimum absolute atomic E-state index is 0.0738. The molecule has 2 N–H and O–H groups in total. The van der Waals surface area contributed by atoms with Crippen LogP contribution in [0, 0.1) is 6.92 Å². The number of anilines is 1. The normalized spacial score (nSPS) is 12.0. The molecule has 1 amide bonds. The topological polar surface area (TPSA) is 33.5 Å². The predicted molar refractivity (Wildman–Crippen MR) is 91.7 cm³/mol. The van der Waals surface area contributed by atoms with Crippen LogP contribution in [-0.2, 0) is 11.3 Å². The molecule has 0 heterocycles. The van der Waals surface area contributed by atoms with Crippen LogP contribution in [0.1, 0.15) is 11.1 Å². The zero-order valence-corrected chi connectivity index (χ0v) is 14.1. The molecule has 0 spiro atoms. The van der Waals surface area contributed by atoms with E-state index in [2.05, 4.69) is 24.4 Å². The second-order valence-electron chi connectivity index (χ2n) is 5.41. The van der Waals surface area contributed by atoms with Crippen molar-refractivity contribution in [2.45, 2.75) is 13.5 Å². The molecule has 1 unspecified atom stereocenters. The number of hydrogen-bond donors (Lipinski definition) is 2. The summed E-state index contributed by atoms with van der Waals surface area (Å²) in [5, 5.41) is 3.81. The number of rotatable bonds is 5. The van der Waals surface area contributed by atoms with Crippen molar-refractivity contribution in [3.8, 4) is 0 Å². The van der Waals surface area contributed by atoms with Crippen molar-refractivity contribution in [1.29, 1.82) is 0 Å². The van der Waals surface area contributed by atoms with E-state index in [0.29, 0.717) is 22.3 Å². The molecule has 3 nitrogen and oxygen atoms in total.